The van der Waals surface area contributed by atoms with Crippen LogP contribution in [0.1, 0.15) is 18.5 Å². The normalized spacial score (nSPS) is 16.1. The largest absolute Gasteiger partial charge is 0.379 e. The summed E-state index contributed by atoms with van der Waals surface area (Å²) in [7, 11) is 3.46. The molecule has 9 heteroatoms. The number of hydrogen-bond donors (Lipinski definition) is 2. The van der Waals surface area contributed by atoms with Crippen molar-refractivity contribution in [2.75, 3.05) is 60.0 Å². The molecular formula is C19H31ClIN5O2. The molecule has 7 nitrogen and oxygen atoms in total. The van der Waals surface area contributed by atoms with Gasteiger partial charge in [-0.25, -0.2) is 4.99 Å². The van der Waals surface area contributed by atoms with E-state index < -0.39 is 0 Å². The summed E-state index contributed by atoms with van der Waals surface area (Å²) in [6.07, 6.45) is 0. The van der Waals surface area contributed by atoms with E-state index in [-0.39, 0.29) is 42.5 Å². The molecular weight excluding hydrogens is 493 g/mol. The lowest BCUT2D eigenvalue weighted by Crippen LogP contribution is -2.46. The number of likely N-dealkylation sites (N-methyl/N-ethyl adjacent to an activating group) is 1. The van der Waals surface area contributed by atoms with Crippen LogP contribution in [0.2, 0.25) is 5.02 Å². The molecule has 2 rings (SSSR count). The quantitative estimate of drug-likeness (QED) is 0.325. The number of hydrogen-bond acceptors (Lipinski definition) is 4. The Morgan fingerprint density at radius 2 is 2.04 bits per heavy atom. The summed E-state index contributed by atoms with van der Waals surface area (Å²) in [6.45, 7) is 6.68. The van der Waals surface area contributed by atoms with E-state index in [1.54, 1.807) is 14.1 Å². The molecule has 0 saturated carbocycles. The molecule has 0 aliphatic carbocycles. The average Bonchev–Trinajstić information content (AvgIpc) is 2.66. The number of carbonyl (C=O) groups is 1. The zero-order chi connectivity index (χ0) is 19.6. The van der Waals surface area contributed by atoms with Gasteiger partial charge in [0.15, 0.2) is 5.96 Å². The molecule has 1 saturated heterocycles. The molecule has 1 atom stereocenters. The third kappa shape index (κ3) is 8.10. The second-order valence-electron chi connectivity index (χ2n) is 6.58. The zero-order valence-corrected chi connectivity index (χ0v) is 19.9. The van der Waals surface area contributed by atoms with Gasteiger partial charge >= 0.3 is 0 Å². The minimum Gasteiger partial charge on any atom is -0.379 e. The second-order valence-corrected chi connectivity index (χ2v) is 7.02. The van der Waals surface area contributed by atoms with Crippen molar-refractivity contribution in [1.29, 1.82) is 0 Å². The first-order valence-electron chi connectivity index (χ1n) is 9.31. The number of halogens is 2. The molecule has 28 heavy (non-hydrogen) atoms. The number of ether oxygens (including phenoxy) is 1. The second kappa shape index (κ2) is 13.2. The molecule has 0 radical (unpaired) electrons. The van der Waals surface area contributed by atoms with Crippen molar-refractivity contribution < 1.29 is 9.53 Å². The van der Waals surface area contributed by atoms with Crippen molar-refractivity contribution in [3.05, 3.63) is 34.9 Å². The molecule has 1 unspecified atom stereocenters. The van der Waals surface area contributed by atoms with Gasteiger partial charge in [0, 0.05) is 45.3 Å². The molecule has 1 aliphatic rings. The maximum absolute atomic E-state index is 11.8. The van der Waals surface area contributed by atoms with E-state index in [1.165, 1.54) is 4.90 Å². The highest BCUT2D eigenvalue weighted by Crippen LogP contribution is 2.23. The summed E-state index contributed by atoms with van der Waals surface area (Å²) >= 11 is 6.21. The topological polar surface area (TPSA) is 69.2 Å². The lowest BCUT2D eigenvalue weighted by atomic mass is 10.0. The van der Waals surface area contributed by atoms with Crippen molar-refractivity contribution in [1.82, 2.24) is 20.4 Å². The Kier molecular flexibility index (Phi) is 11.7. The van der Waals surface area contributed by atoms with E-state index >= 15 is 0 Å². The van der Waals surface area contributed by atoms with Crippen LogP contribution in [0.3, 0.4) is 0 Å². The van der Waals surface area contributed by atoms with Crippen molar-refractivity contribution in [3.8, 4) is 0 Å². The van der Waals surface area contributed by atoms with E-state index in [0.717, 1.165) is 43.4 Å². The maximum Gasteiger partial charge on any atom is 0.243 e. The lowest BCUT2D eigenvalue weighted by molar-refractivity contribution is -0.127. The fraction of sp³-hybridized carbons (Fsp3) is 0.579. The standard InChI is InChI=1S/C19H30ClN5O2.HI/c1-4-21-19(23-14-18(26)24(2)3)22-13-17(25-8-10-27-11-9-25)15-6-5-7-16(20)12-15;/h5-7,12,17H,4,8-11,13-14H2,1-3H3,(H2,21,22,23);1H. The SMILES string of the molecule is CCNC(=NCC(=O)N(C)C)NCC(c1cccc(Cl)c1)N1CCOCC1.I. The van der Waals surface area contributed by atoms with E-state index in [4.69, 9.17) is 16.3 Å². The first kappa shape index (κ1) is 24.9. The third-order valence-corrected chi connectivity index (χ3v) is 4.63. The molecule has 1 aromatic carbocycles. The van der Waals surface area contributed by atoms with Crippen LogP contribution in [-0.2, 0) is 9.53 Å². The number of benzene rings is 1. The van der Waals surface area contributed by atoms with Gasteiger partial charge in [-0.2, -0.15) is 0 Å². The van der Waals surface area contributed by atoms with Gasteiger partial charge in [0.2, 0.25) is 5.91 Å². The van der Waals surface area contributed by atoms with Crippen LogP contribution < -0.4 is 10.6 Å². The van der Waals surface area contributed by atoms with Gasteiger partial charge in [0.1, 0.15) is 6.54 Å². The number of amides is 1. The number of nitrogens with zero attached hydrogens (tertiary/aromatic N) is 3. The molecule has 0 aromatic heterocycles. The van der Waals surface area contributed by atoms with E-state index in [2.05, 4.69) is 26.6 Å². The van der Waals surface area contributed by atoms with E-state index in [1.807, 2.05) is 25.1 Å². The molecule has 1 fully saturated rings. The molecule has 1 heterocycles. The average molecular weight is 524 g/mol. The first-order chi connectivity index (χ1) is 13.0. The van der Waals surface area contributed by atoms with Crippen LogP contribution in [0.15, 0.2) is 29.3 Å². The van der Waals surface area contributed by atoms with Crippen LogP contribution in [-0.4, -0.2) is 81.7 Å². The zero-order valence-electron chi connectivity index (χ0n) is 16.8. The molecule has 2 N–H and O–H groups in total. The lowest BCUT2D eigenvalue weighted by Gasteiger charge is -2.35. The minimum atomic E-state index is -0.0354. The predicted molar refractivity (Wildman–Crippen MR) is 125 cm³/mol. The molecule has 1 aliphatic heterocycles. The minimum absolute atomic E-state index is 0. The van der Waals surface area contributed by atoms with Gasteiger partial charge in [-0.15, -0.1) is 24.0 Å². The number of guanidine groups is 1. The number of morpholine rings is 1. The maximum atomic E-state index is 11.8. The van der Waals surface area contributed by atoms with E-state index in [0.29, 0.717) is 12.5 Å². The summed E-state index contributed by atoms with van der Waals surface area (Å²) < 4.78 is 5.49. The molecule has 1 aromatic rings. The van der Waals surface area contributed by atoms with Gasteiger partial charge in [-0.1, -0.05) is 23.7 Å². The Bertz CT molecular complexity index is 639. The molecule has 0 spiro atoms. The van der Waals surface area contributed by atoms with E-state index in [9.17, 15) is 4.79 Å². The van der Waals surface area contributed by atoms with Crippen LogP contribution in [0.25, 0.3) is 0 Å². The number of rotatable bonds is 7. The number of nitrogens with one attached hydrogen (secondary N) is 2. The summed E-state index contributed by atoms with van der Waals surface area (Å²) in [4.78, 5) is 20.1. The summed E-state index contributed by atoms with van der Waals surface area (Å²) in [5.74, 6) is 0.597. The Morgan fingerprint density at radius 3 is 2.64 bits per heavy atom. The summed E-state index contributed by atoms with van der Waals surface area (Å²) in [6, 6.07) is 8.09. The highest BCUT2D eigenvalue weighted by molar-refractivity contribution is 14.0. The molecule has 158 valence electrons. The number of aliphatic imine (C=N–C) groups is 1. The number of carbonyl (C=O) groups excluding carboxylic acids is 1. The van der Waals surface area contributed by atoms with Crippen molar-refractivity contribution >= 4 is 47.4 Å². The van der Waals surface area contributed by atoms with Gasteiger partial charge in [-0.05, 0) is 24.6 Å². The van der Waals surface area contributed by atoms with Gasteiger partial charge in [-0.3, -0.25) is 9.69 Å². The Morgan fingerprint density at radius 1 is 1.32 bits per heavy atom. The van der Waals surface area contributed by atoms with Crippen LogP contribution >= 0.6 is 35.6 Å². The van der Waals surface area contributed by atoms with Crippen LogP contribution in [0, 0.1) is 0 Å². The first-order valence-corrected chi connectivity index (χ1v) is 9.68. The van der Waals surface area contributed by atoms with Crippen LogP contribution in [0.5, 0.6) is 0 Å². The highest BCUT2D eigenvalue weighted by atomic mass is 127. The fourth-order valence-corrected chi connectivity index (χ4v) is 3.08. The van der Waals surface area contributed by atoms with Crippen molar-refractivity contribution in [2.45, 2.75) is 13.0 Å². The Balaban J connectivity index is 0.00000392. The van der Waals surface area contributed by atoms with Gasteiger partial charge in [0.05, 0.1) is 19.3 Å². The third-order valence-electron chi connectivity index (χ3n) is 4.40. The molecule has 0 bridgehead atoms. The summed E-state index contributed by atoms with van der Waals surface area (Å²) in [5, 5.41) is 7.29. The predicted octanol–water partition coefficient (Wildman–Crippen LogP) is 1.97. The highest BCUT2D eigenvalue weighted by Gasteiger charge is 2.23. The fourth-order valence-electron chi connectivity index (χ4n) is 2.88. The van der Waals surface area contributed by atoms with Gasteiger partial charge in [0.25, 0.3) is 0 Å². The van der Waals surface area contributed by atoms with Crippen molar-refractivity contribution in [3.63, 3.8) is 0 Å². The molecule has 1 amide bonds. The Labute approximate surface area is 189 Å². The van der Waals surface area contributed by atoms with Gasteiger partial charge < -0.3 is 20.3 Å². The smallest absolute Gasteiger partial charge is 0.243 e. The monoisotopic (exact) mass is 523 g/mol. The van der Waals surface area contributed by atoms with Crippen molar-refractivity contribution in [2.24, 2.45) is 4.99 Å². The van der Waals surface area contributed by atoms with Crippen LogP contribution in [0.4, 0.5) is 0 Å². The summed E-state index contributed by atoms with van der Waals surface area (Å²) in [5.41, 5.74) is 1.15. The Hall–Kier alpha value is -1.10.